The quantitative estimate of drug-likeness (QED) is 0.561. The van der Waals surface area contributed by atoms with E-state index in [1.807, 2.05) is 36.4 Å². The van der Waals surface area contributed by atoms with Gasteiger partial charge in [-0.25, -0.2) is 19.6 Å². The molecule has 1 fully saturated rings. The molecule has 1 atom stereocenters. The van der Waals surface area contributed by atoms with Crippen LogP contribution in [0.1, 0.15) is 12.8 Å². The minimum Gasteiger partial charge on any atom is -0.356 e. The van der Waals surface area contributed by atoms with Gasteiger partial charge in [-0.3, -0.25) is 9.78 Å². The highest BCUT2D eigenvalue weighted by Crippen LogP contribution is 2.25. The number of amides is 1. The molecule has 0 spiro atoms. The molecule has 0 radical (unpaired) electrons. The van der Waals surface area contributed by atoms with E-state index in [2.05, 4.69) is 35.3 Å². The number of carbonyl (C=O) groups is 1. The summed E-state index contributed by atoms with van der Waals surface area (Å²) in [5.74, 6) is 1.29. The van der Waals surface area contributed by atoms with Crippen molar-refractivity contribution in [3.63, 3.8) is 0 Å². The third kappa shape index (κ3) is 3.57. The molecule has 9 nitrogen and oxygen atoms in total. The molecule has 150 valence electrons. The van der Waals surface area contributed by atoms with Gasteiger partial charge in [-0.15, -0.1) is 0 Å². The molecule has 1 aliphatic rings. The summed E-state index contributed by atoms with van der Waals surface area (Å²) in [7, 11) is 0. The van der Waals surface area contributed by atoms with Crippen molar-refractivity contribution in [1.29, 1.82) is 0 Å². The van der Waals surface area contributed by atoms with Gasteiger partial charge in [0.05, 0.1) is 17.1 Å². The first-order valence-electron chi connectivity index (χ1n) is 9.84. The Morgan fingerprint density at radius 1 is 1.07 bits per heavy atom. The van der Waals surface area contributed by atoms with E-state index in [0.29, 0.717) is 12.4 Å². The van der Waals surface area contributed by atoms with Gasteiger partial charge < -0.3 is 10.2 Å². The number of rotatable bonds is 4. The molecule has 0 bridgehead atoms. The summed E-state index contributed by atoms with van der Waals surface area (Å²) in [6, 6.07) is 11.6. The van der Waals surface area contributed by atoms with Gasteiger partial charge in [0.15, 0.2) is 5.82 Å². The number of benzene rings is 1. The average molecular weight is 400 g/mol. The van der Waals surface area contributed by atoms with Gasteiger partial charge in [0.25, 0.3) is 0 Å². The minimum absolute atomic E-state index is 0.00316. The van der Waals surface area contributed by atoms with Gasteiger partial charge in [-0.1, -0.05) is 18.2 Å². The maximum Gasteiger partial charge on any atom is 0.229 e. The number of para-hydroxylation sites is 1. The van der Waals surface area contributed by atoms with Gasteiger partial charge in [0, 0.05) is 30.7 Å². The van der Waals surface area contributed by atoms with E-state index in [1.165, 1.54) is 12.7 Å². The van der Waals surface area contributed by atoms with Crippen molar-refractivity contribution >= 4 is 28.3 Å². The summed E-state index contributed by atoms with van der Waals surface area (Å²) in [4.78, 5) is 32.2. The van der Waals surface area contributed by atoms with Gasteiger partial charge in [-0.05, 0) is 25.0 Å². The normalized spacial score (nSPS) is 16.5. The topological polar surface area (TPSA) is 102 Å². The van der Waals surface area contributed by atoms with E-state index >= 15 is 0 Å². The number of hydrogen-bond acceptors (Lipinski definition) is 7. The highest BCUT2D eigenvalue weighted by molar-refractivity contribution is 6.01. The second-order valence-electron chi connectivity index (χ2n) is 7.23. The molecule has 1 unspecified atom stereocenters. The monoisotopic (exact) mass is 400 g/mol. The van der Waals surface area contributed by atoms with Crippen LogP contribution in [0, 0.1) is 5.92 Å². The number of aromatic nitrogens is 6. The molecule has 0 saturated carbocycles. The first-order chi connectivity index (χ1) is 14.8. The Bertz CT molecular complexity index is 1170. The van der Waals surface area contributed by atoms with Crippen molar-refractivity contribution in [2.75, 3.05) is 23.3 Å². The molecule has 30 heavy (non-hydrogen) atoms. The Hall–Kier alpha value is -3.88. The summed E-state index contributed by atoms with van der Waals surface area (Å²) in [5, 5.41) is 8.19. The van der Waals surface area contributed by atoms with E-state index in [4.69, 9.17) is 0 Å². The molecule has 3 aromatic heterocycles. The summed E-state index contributed by atoms with van der Waals surface area (Å²) in [6.45, 7) is 1.44. The van der Waals surface area contributed by atoms with E-state index in [0.717, 1.165) is 41.8 Å². The molecule has 9 heteroatoms. The Kier molecular flexibility index (Phi) is 4.76. The van der Waals surface area contributed by atoms with Crippen LogP contribution in [0.25, 0.3) is 16.7 Å². The van der Waals surface area contributed by atoms with E-state index in [1.54, 1.807) is 17.2 Å². The first kappa shape index (κ1) is 18.2. The van der Waals surface area contributed by atoms with Crippen molar-refractivity contribution in [2.24, 2.45) is 5.92 Å². The molecule has 5 rings (SSSR count). The lowest BCUT2D eigenvalue weighted by molar-refractivity contribution is -0.120. The SMILES string of the molecule is O=C(Nc1cccc2cccnc12)C1CCCN(c2cc(-n3cncn3)ncn2)C1. The van der Waals surface area contributed by atoms with Crippen molar-refractivity contribution in [1.82, 2.24) is 29.7 Å². The lowest BCUT2D eigenvalue weighted by atomic mass is 9.97. The average Bonchev–Trinajstić information content (AvgIpc) is 3.35. The highest BCUT2D eigenvalue weighted by Gasteiger charge is 2.27. The predicted molar refractivity (Wildman–Crippen MR) is 112 cm³/mol. The van der Waals surface area contributed by atoms with Crippen LogP contribution in [0.5, 0.6) is 0 Å². The van der Waals surface area contributed by atoms with Crippen LogP contribution in [-0.4, -0.2) is 48.7 Å². The molecule has 0 aliphatic carbocycles. The molecule has 1 N–H and O–H groups in total. The second-order valence-corrected chi connectivity index (χ2v) is 7.23. The predicted octanol–water partition coefficient (Wildman–Crippen LogP) is 2.46. The Balaban J connectivity index is 1.33. The zero-order valence-electron chi connectivity index (χ0n) is 16.2. The zero-order chi connectivity index (χ0) is 20.3. The Morgan fingerprint density at radius 3 is 2.87 bits per heavy atom. The van der Waals surface area contributed by atoms with Crippen molar-refractivity contribution in [2.45, 2.75) is 12.8 Å². The number of anilines is 2. The van der Waals surface area contributed by atoms with Gasteiger partial charge >= 0.3 is 0 Å². The lowest BCUT2D eigenvalue weighted by Crippen LogP contribution is -2.41. The molecule has 1 aromatic carbocycles. The summed E-state index contributed by atoms with van der Waals surface area (Å²) in [5.41, 5.74) is 1.54. The Labute approximate surface area is 172 Å². The van der Waals surface area contributed by atoms with Crippen LogP contribution < -0.4 is 10.2 Å². The fraction of sp³-hybridized carbons (Fsp3) is 0.238. The van der Waals surface area contributed by atoms with Crippen LogP contribution in [0.15, 0.2) is 61.6 Å². The summed E-state index contributed by atoms with van der Waals surface area (Å²) < 4.78 is 1.59. The number of fused-ring (bicyclic) bond motifs is 1. The molecule has 4 heterocycles. The number of nitrogens with one attached hydrogen (secondary N) is 1. The maximum absolute atomic E-state index is 13.0. The van der Waals surface area contributed by atoms with Gasteiger partial charge in [-0.2, -0.15) is 5.10 Å². The van der Waals surface area contributed by atoms with Crippen molar-refractivity contribution in [3.05, 3.63) is 61.6 Å². The molecular formula is C21H20N8O. The third-order valence-electron chi connectivity index (χ3n) is 5.30. The van der Waals surface area contributed by atoms with E-state index < -0.39 is 0 Å². The van der Waals surface area contributed by atoms with Gasteiger partial charge in [0.1, 0.15) is 24.8 Å². The fourth-order valence-corrected chi connectivity index (χ4v) is 3.80. The summed E-state index contributed by atoms with van der Waals surface area (Å²) >= 11 is 0. The first-order valence-corrected chi connectivity index (χ1v) is 9.84. The lowest BCUT2D eigenvalue weighted by Gasteiger charge is -2.32. The van der Waals surface area contributed by atoms with E-state index in [-0.39, 0.29) is 11.8 Å². The van der Waals surface area contributed by atoms with Crippen LogP contribution in [0.2, 0.25) is 0 Å². The molecule has 1 amide bonds. The number of carbonyl (C=O) groups excluding carboxylic acids is 1. The highest BCUT2D eigenvalue weighted by atomic mass is 16.1. The minimum atomic E-state index is -0.137. The molecular weight excluding hydrogens is 380 g/mol. The summed E-state index contributed by atoms with van der Waals surface area (Å²) in [6.07, 6.45) is 8.05. The number of pyridine rings is 1. The fourth-order valence-electron chi connectivity index (χ4n) is 3.80. The Morgan fingerprint density at radius 2 is 1.97 bits per heavy atom. The van der Waals surface area contributed by atoms with Crippen molar-refractivity contribution in [3.8, 4) is 5.82 Å². The van der Waals surface area contributed by atoms with Crippen LogP contribution in [0.3, 0.4) is 0 Å². The second kappa shape index (κ2) is 7.86. The zero-order valence-corrected chi connectivity index (χ0v) is 16.2. The number of nitrogens with zero attached hydrogens (tertiary/aromatic N) is 7. The largest absolute Gasteiger partial charge is 0.356 e. The van der Waals surface area contributed by atoms with E-state index in [9.17, 15) is 4.79 Å². The maximum atomic E-state index is 13.0. The van der Waals surface area contributed by atoms with Crippen LogP contribution in [0.4, 0.5) is 11.5 Å². The molecule has 4 aromatic rings. The van der Waals surface area contributed by atoms with Crippen molar-refractivity contribution < 1.29 is 4.79 Å². The molecule has 1 saturated heterocycles. The van der Waals surface area contributed by atoms with Crippen LogP contribution >= 0.6 is 0 Å². The smallest absolute Gasteiger partial charge is 0.229 e. The molecule has 1 aliphatic heterocycles. The van der Waals surface area contributed by atoms with Gasteiger partial charge in [0.2, 0.25) is 5.91 Å². The standard InChI is InChI=1S/C21H20N8O/c30-21(27-17-7-1-4-15-5-2-8-23-20(15)17)16-6-3-9-28(11-16)18-10-19(25-13-24-18)29-14-22-12-26-29/h1-2,4-5,7-8,10,12-14,16H,3,6,9,11H2,(H,27,30). The van der Waals surface area contributed by atoms with Crippen LogP contribution in [-0.2, 0) is 4.79 Å². The number of hydrogen-bond donors (Lipinski definition) is 1. The third-order valence-corrected chi connectivity index (χ3v) is 5.30. The number of piperidine rings is 1.